The monoisotopic (exact) mass is 384 g/mol. The van der Waals surface area contributed by atoms with E-state index < -0.39 is 0 Å². The van der Waals surface area contributed by atoms with Crippen LogP contribution < -0.4 is 10.6 Å². The van der Waals surface area contributed by atoms with Crippen molar-refractivity contribution >= 4 is 17.5 Å². The first-order valence-corrected chi connectivity index (χ1v) is 9.25. The number of amides is 1. The van der Waals surface area contributed by atoms with E-state index in [4.69, 9.17) is 4.42 Å². The fraction of sp³-hybridized carbons (Fsp3) is 0.0870. The lowest BCUT2D eigenvalue weighted by Crippen LogP contribution is -2.22. The van der Waals surface area contributed by atoms with Gasteiger partial charge in [-0.25, -0.2) is 9.97 Å². The van der Waals surface area contributed by atoms with Gasteiger partial charge in [-0.15, -0.1) is 0 Å². The van der Waals surface area contributed by atoms with Gasteiger partial charge in [-0.3, -0.25) is 4.79 Å². The first kappa shape index (κ1) is 18.4. The van der Waals surface area contributed by atoms with E-state index in [0.29, 0.717) is 18.1 Å². The third kappa shape index (κ3) is 4.68. The predicted molar refractivity (Wildman–Crippen MR) is 112 cm³/mol. The number of hydrogen-bond donors (Lipinski definition) is 2. The first-order chi connectivity index (χ1) is 14.2. The predicted octanol–water partition coefficient (Wildman–Crippen LogP) is 4.72. The average Bonchev–Trinajstić information content (AvgIpc) is 3.18. The molecule has 4 aromatic rings. The van der Waals surface area contributed by atoms with E-state index >= 15 is 0 Å². The Hall–Kier alpha value is -3.93. The van der Waals surface area contributed by atoms with Crippen LogP contribution in [0.5, 0.6) is 0 Å². The molecule has 0 saturated carbocycles. The summed E-state index contributed by atoms with van der Waals surface area (Å²) in [6.45, 7) is 2.21. The van der Waals surface area contributed by atoms with Crippen molar-refractivity contribution in [1.82, 2.24) is 15.3 Å². The maximum absolute atomic E-state index is 12.4. The number of benzene rings is 2. The minimum atomic E-state index is -0.178. The van der Waals surface area contributed by atoms with Crippen molar-refractivity contribution in [2.75, 3.05) is 5.32 Å². The van der Waals surface area contributed by atoms with E-state index in [1.54, 1.807) is 24.5 Å². The molecule has 2 N–H and O–H groups in total. The molecule has 6 heteroatoms. The summed E-state index contributed by atoms with van der Waals surface area (Å²) in [5, 5.41) is 5.99. The zero-order valence-corrected chi connectivity index (χ0v) is 15.9. The molecule has 0 aliphatic heterocycles. The first-order valence-electron chi connectivity index (χ1n) is 9.25. The Morgan fingerprint density at radius 3 is 2.45 bits per heavy atom. The molecule has 0 fully saturated rings. The SMILES string of the molecule is Cc1ccc(CNC(=O)c2cccc(Nc3ncc(-c4ccccc4)cn3)c2)o1. The molecule has 144 valence electrons. The molecule has 6 nitrogen and oxygen atoms in total. The van der Waals surface area contributed by atoms with Gasteiger partial charge in [0, 0.05) is 29.2 Å². The molecular formula is C23H20N4O2. The summed E-state index contributed by atoms with van der Waals surface area (Å²) in [7, 11) is 0. The number of anilines is 2. The molecule has 2 aromatic heterocycles. The van der Waals surface area contributed by atoms with E-state index in [-0.39, 0.29) is 5.91 Å². The van der Waals surface area contributed by atoms with Gasteiger partial charge in [0.25, 0.3) is 5.91 Å². The van der Waals surface area contributed by atoms with Crippen LogP contribution in [0.15, 0.2) is 83.5 Å². The van der Waals surface area contributed by atoms with Crippen molar-refractivity contribution in [2.24, 2.45) is 0 Å². The molecule has 0 saturated heterocycles. The molecule has 0 aliphatic rings. The molecule has 0 spiro atoms. The zero-order chi connectivity index (χ0) is 20.1. The van der Waals surface area contributed by atoms with Gasteiger partial charge < -0.3 is 15.1 Å². The number of furan rings is 1. The van der Waals surface area contributed by atoms with Gasteiger partial charge in [0.1, 0.15) is 11.5 Å². The van der Waals surface area contributed by atoms with Crippen LogP contribution in [0.3, 0.4) is 0 Å². The molecule has 2 heterocycles. The van der Waals surface area contributed by atoms with Crippen LogP contribution in [0, 0.1) is 6.92 Å². The number of aromatic nitrogens is 2. The Morgan fingerprint density at radius 2 is 1.72 bits per heavy atom. The highest BCUT2D eigenvalue weighted by Crippen LogP contribution is 2.19. The summed E-state index contributed by atoms with van der Waals surface area (Å²) in [4.78, 5) is 21.2. The number of hydrogen-bond acceptors (Lipinski definition) is 5. The van der Waals surface area contributed by atoms with Crippen LogP contribution in [-0.2, 0) is 6.54 Å². The molecule has 0 unspecified atom stereocenters. The third-order valence-electron chi connectivity index (χ3n) is 4.36. The quantitative estimate of drug-likeness (QED) is 0.503. The van der Waals surface area contributed by atoms with Gasteiger partial charge in [0.05, 0.1) is 6.54 Å². The van der Waals surface area contributed by atoms with Crippen molar-refractivity contribution in [3.63, 3.8) is 0 Å². The van der Waals surface area contributed by atoms with E-state index in [1.165, 1.54) is 0 Å². The van der Waals surface area contributed by atoms with E-state index in [2.05, 4.69) is 20.6 Å². The Bertz CT molecular complexity index is 1110. The zero-order valence-electron chi connectivity index (χ0n) is 15.9. The number of rotatable bonds is 6. The number of nitrogens with one attached hydrogen (secondary N) is 2. The highest BCUT2D eigenvalue weighted by atomic mass is 16.3. The second-order valence-electron chi connectivity index (χ2n) is 6.56. The highest BCUT2D eigenvalue weighted by Gasteiger charge is 2.08. The topological polar surface area (TPSA) is 80.0 Å². The van der Waals surface area contributed by atoms with Gasteiger partial charge >= 0.3 is 0 Å². The van der Waals surface area contributed by atoms with Gasteiger partial charge in [-0.2, -0.15) is 0 Å². The Labute approximate surface area is 168 Å². The fourth-order valence-corrected chi connectivity index (χ4v) is 2.89. The molecule has 0 atom stereocenters. The molecule has 4 rings (SSSR count). The van der Waals surface area contributed by atoms with Crippen LogP contribution >= 0.6 is 0 Å². The minimum absolute atomic E-state index is 0.178. The Kier molecular flexibility index (Phi) is 5.33. The van der Waals surface area contributed by atoms with Crippen molar-refractivity contribution in [3.05, 3.63) is 96.2 Å². The second-order valence-corrected chi connectivity index (χ2v) is 6.56. The normalized spacial score (nSPS) is 10.5. The van der Waals surface area contributed by atoms with E-state index in [9.17, 15) is 4.79 Å². The molecule has 29 heavy (non-hydrogen) atoms. The minimum Gasteiger partial charge on any atom is -0.465 e. The van der Waals surface area contributed by atoms with Gasteiger partial charge in [0.15, 0.2) is 0 Å². The summed E-state index contributed by atoms with van der Waals surface area (Å²) in [5.74, 6) is 1.83. The van der Waals surface area contributed by atoms with E-state index in [1.807, 2.05) is 61.5 Å². The number of aryl methyl sites for hydroxylation is 1. The van der Waals surface area contributed by atoms with Crippen molar-refractivity contribution in [2.45, 2.75) is 13.5 Å². The number of nitrogens with zero attached hydrogens (tertiary/aromatic N) is 2. The summed E-state index contributed by atoms with van der Waals surface area (Å²) < 4.78 is 5.47. The van der Waals surface area contributed by atoms with Crippen LogP contribution in [-0.4, -0.2) is 15.9 Å². The van der Waals surface area contributed by atoms with Crippen LogP contribution in [0.4, 0.5) is 11.6 Å². The molecular weight excluding hydrogens is 364 g/mol. The lowest BCUT2D eigenvalue weighted by molar-refractivity contribution is 0.0948. The third-order valence-corrected chi connectivity index (χ3v) is 4.36. The molecule has 0 radical (unpaired) electrons. The highest BCUT2D eigenvalue weighted by molar-refractivity contribution is 5.95. The number of carbonyl (C=O) groups excluding carboxylic acids is 1. The summed E-state index contributed by atoms with van der Waals surface area (Å²) in [6, 6.07) is 20.9. The van der Waals surface area contributed by atoms with E-state index in [0.717, 1.165) is 28.3 Å². The smallest absolute Gasteiger partial charge is 0.251 e. The van der Waals surface area contributed by atoms with Gasteiger partial charge in [-0.05, 0) is 42.8 Å². The standard InChI is InChI=1S/C23H20N4O2/c1-16-10-11-21(29-16)15-24-22(28)18-8-5-9-20(12-18)27-23-25-13-19(14-26-23)17-6-3-2-4-7-17/h2-14H,15H2,1H3,(H,24,28)(H,25,26,27). The van der Waals surface area contributed by atoms with Crippen molar-refractivity contribution < 1.29 is 9.21 Å². The molecule has 0 aliphatic carbocycles. The summed E-state index contributed by atoms with van der Waals surface area (Å²) >= 11 is 0. The van der Waals surface area contributed by atoms with Crippen LogP contribution in [0.2, 0.25) is 0 Å². The molecule has 1 amide bonds. The second kappa shape index (κ2) is 8.39. The number of carbonyl (C=O) groups is 1. The Balaban J connectivity index is 1.41. The lowest BCUT2D eigenvalue weighted by Gasteiger charge is -2.08. The summed E-state index contributed by atoms with van der Waals surface area (Å²) in [5.41, 5.74) is 3.28. The van der Waals surface area contributed by atoms with Gasteiger partial charge in [0.2, 0.25) is 5.95 Å². The molecule has 2 aromatic carbocycles. The van der Waals surface area contributed by atoms with Crippen LogP contribution in [0.25, 0.3) is 11.1 Å². The average molecular weight is 384 g/mol. The van der Waals surface area contributed by atoms with Gasteiger partial charge in [-0.1, -0.05) is 36.4 Å². The lowest BCUT2D eigenvalue weighted by atomic mass is 10.1. The summed E-state index contributed by atoms with van der Waals surface area (Å²) in [6.07, 6.45) is 3.54. The Morgan fingerprint density at radius 1 is 0.931 bits per heavy atom. The molecule has 0 bridgehead atoms. The van der Waals surface area contributed by atoms with Crippen LogP contribution in [0.1, 0.15) is 21.9 Å². The fourth-order valence-electron chi connectivity index (χ4n) is 2.89. The maximum atomic E-state index is 12.4. The largest absolute Gasteiger partial charge is 0.465 e. The maximum Gasteiger partial charge on any atom is 0.251 e. The van der Waals surface area contributed by atoms with Crippen molar-refractivity contribution in [1.29, 1.82) is 0 Å². The van der Waals surface area contributed by atoms with Crippen molar-refractivity contribution in [3.8, 4) is 11.1 Å².